The predicted molar refractivity (Wildman–Crippen MR) is 76.4 cm³/mol. The van der Waals surface area contributed by atoms with E-state index in [4.69, 9.17) is 0 Å². The molecule has 102 valence electrons. The second kappa shape index (κ2) is 5.17. The van der Waals surface area contributed by atoms with Gasteiger partial charge in [-0.1, -0.05) is 0 Å². The highest BCUT2D eigenvalue weighted by Crippen LogP contribution is 2.18. The van der Waals surface area contributed by atoms with Crippen LogP contribution in [0.5, 0.6) is 0 Å². The zero-order valence-electron chi connectivity index (χ0n) is 11.6. The van der Waals surface area contributed by atoms with Gasteiger partial charge in [0.05, 0.1) is 0 Å². The third kappa shape index (κ3) is 2.71. The number of hydrogen-bond acceptors (Lipinski definition) is 4. The lowest BCUT2D eigenvalue weighted by atomic mass is 9.98. The molecule has 3 rings (SSSR count). The maximum absolute atomic E-state index is 4.27. The van der Waals surface area contributed by atoms with Crippen LogP contribution in [0.15, 0.2) is 18.5 Å². The molecule has 3 heterocycles. The molecular formula is C14H21N5. The van der Waals surface area contributed by atoms with E-state index in [0.29, 0.717) is 0 Å². The van der Waals surface area contributed by atoms with Gasteiger partial charge in [0, 0.05) is 13.1 Å². The van der Waals surface area contributed by atoms with E-state index < -0.39 is 0 Å². The van der Waals surface area contributed by atoms with Crippen molar-refractivity contribution in [2.75, 3.05) is 32.0 Å². The number of aryl methyl sites for hydroxylation is 1. The molecule has 1 saturated heterocycles. The number of pyridine rings is 1. The van der Waals surface area contributed by atoms with E-state index in [2.05, 4.69) is 40.3 Å². The number of fused-ring (bicyclic) bond motifs is 1. The van der Waals surface area contributed by atoms with Crippen LogP contribution in [0.3, 0.4) is 0 Å². The van der Waals surface area contributed by atoms with Gasteiger partial charge in [0.25, 0.3) is 0 Å². The maximum atomic E-state index is 4.27. The van der Waals surface area contributed by atoms with Crippen LogP contribution in [0.2, 0.25) is 0 Å². The van der Waals surface area contributed by atoms with Crippen LogP contribution in [0.4, 0.5) is 5.82 Å². The Morgan fingerprint density at radius 3 is 3.16 bits per heavy atom. The molecule has 1 N–H and O–H groups in total. The van der Waals surface area contributed by atoms with Gasteiger partial charge in [-0.25, -0.2) is 4.98 Å². The second-order valence-corrected chi connectivity index (χ2v) is 5.60. The topological polar surface area (TPSA) is 45.5 Å². The number of likely N-dealkylation sites (tertiary alicyclic amines) is 1. The molecule has 1 unspecified atom stereocenters. The summed E-state index contributed by atoms with van der Waals surface area (Å²) in [6.07, 6.45) is 4.22. The summed E-state index contributed by atoms with van der Waals surface area (Å²) in [5.74, 6) is 1.76. The number of hydrogen-bond donors (Lipinski definition) is 1. The van der Waals surface area contributed by atoms with Crippen molar-refractivity contribution in [3.8, 4) is 0 Å². The summed E-state index contributed by atoms with van der Waals surface area (Å²) < 4.78 is 1.87. The van der Waals surface area contributed by atoms with Crippen LogP contribution in [-0.2, 0) is 0 Å². The number of aromatic nitrogens is 3. The normalized spacial score (nSPS) is 20.8. The largest absolute Gasteiger partial charge is 0.370 e. The summed E-state index contributed by atoms with van der Waals surface area (Å²) in [6, 6.07) is 4.18. The lowest BCUT2D eigenvalue weighted by Crippen LogP contribution is -2.35. The van der Waals surface area contributed by atoms with Crippen LogP contribution in [0.1, 0.15) is 18.4 Å². The quantitative estimate of drug-likeness (QED) is 0.913. The fourth-order valence-corrected chi connectivity index (χ4v) is 2.87. The van der Waals surface area contributed by atoms with Crippen molar-refractivity contribution in [1.29, 1.82) is 0 Å². The number of anilines is 1. The lowest BCUT2D eigenvalue weighted by Gasteiger charge is -2.29. The first-order chi connectivity index (χ1) is 9.22. The monoisotopic (exact) mass is 259 g/mol. The standard InChI is InChI=1S/C14H21N5/c1-11-6-13(19-14(7-11)16-10-17-19)15-8-12-4-3-5-18(2)9-12/h6-7,10,12,15H,3-5,8-9H2,1-2H3. The second-order valence-electron chi connectivity index (χ2n) is 5.60. The Kier molecular flexibility index (Phi) is 3.38. The molecule has 0 aromatic carbocycles. The van der Waals surface area contributed by atoms with E-state index in [1.54, 1.807) is 6.33 Å². The molecule has 0 amide bonds. The highest BCUT2D eigenvalue weighted by Gasteiger charge is 2.17. The maximum Gasteiger partial charge on any atom is 0.157 e. The first-order valence-corrected chi connectivity index (χ1v) is 6.95. The van der Waals surface area contributed by atoms with Gasteiger partial charge >= 0.3 is 0 Å². The van der Waals surface area contributed by atoms with Gasteiger partial charge in [-0.3, -0.25) is 0 Å². The minimum absolute atomic E-state index is 0.720. The predicted octanol–water partition coefficient (Wildman–Crippen LogP) is 1.79. The molecule has 2 aromatic heterocycles. The fraction of sp³-hybridized carbons (Fsp3) is 0.571. The Labute approximate surface area is 113 Å². The summed E-state index contributed by atoms with van der Waals surface area (Å²) in [7, 11) is 2.20. The zero-order chi connectivity index (χ0) is 13.2. The molecule has 0 bridgehead atoms. The third-order valence-electron chi connectivity index (χ3n) is 3.82. The van der Waals surface area contributed by atoms with Gasteiger partial charge in [0.1, 0.15) is 12.1 Å². The molecule has 5 nitrogen and oxygen atoms in total. The van der Waals surface area contributed by atoms with Crippen molar-refractivity contribution in [2.24, 2.45) is 5.92 Å². The molecular weight excluding hydrogens is 238 g/mol. The smallest absolute Gasteiger partial charge is 0.157 e. The average Bonchev–Trinajstić information content (AvgIpc) is 2.84. The Balaban J connectivity index is 1.72. The summed E-state index contributed by atoms with van der Waals surface area (Å²) >= 11 is 0. The number of nitrogens with one attached hydrogen (secondary N) is 1. The van der Waals surface area contributed by atoms with Crippen molar-refractivity contribution in [3.63, 3.8) is 0 Å². The summed E-state index contributed by atoms with van der Waals surface area (Å²) in [6.45, 7) is 5.50. The van der Waals surface area contributed by atoms with Gasteiger partial charge in [-0.15, -0.1) is 0 Å². The van der Waals surface area contributed by atoms with E-state index in [-0.39, 0.29) is 0 Å². The first-order valence-electron chi connectivity index (χ1n) is 6.95. The van der Waals surface area contributed by atoms with Crippen LogP contribution >= 0.6 is 0 Å². The van der Waals surface area contributed by atoms with Crippen molar-refractivity contribution >= 4 is 11.5 Å². The van der Waals surface area contributed by atoms with Crippen LogP contribution in [0, 0.1) is 12.8 Å². The van der Waals surface area contributed by atoms with E-state index in [0.717, 1.165) is 23.9 Å². The molecule has 0 saturated carbocycles. The Bertz CT molecular complexity index is 562. The van der Waals surface area contributed by atoms with Gasteiger partial charge < -0.3 is 10.2 Å². The molecule has 1 atom stereocenters. The molecule has 19 heavy (non-hydrogen) atoms. The van der Waals surface area contributed by atoms with Crippen molar-refractivity contribution in [3.05, 3.63) is 24.0 Å². The summed E-state index contributed by atoms with van der Waals surface area (Å²) in [5.41, 5.74) is 2.12. The minimum atomic E-state index is 0.720. The number of piperidine rings is 1. The van der Waals surface area contributed by atoms with E-state index in [1.807, 2.05) is 10.6 Å². The number of nitrogens with zero attached hydrogens (tertiary/aromatic N) is 4. The molecule has 2 aromatic rings. The Hall–Kier alpha value is -1.62. The van der Waals surface area contributed by atoms with E-state index >= 15 is 0 Å². The van der Waals surface area contributed by atoms with E-state index in [1.165, 1.54) is 31.5 Å². The molecule has 1 aliphatic heterocycles. The Morgan fingerprint density at radius 1 is 1.42 bits per heavy atom. The van der Waals surface area contributed by atoms with Crippen molar-refractivity contribution in [2.45, 2.75) is 19.8 Å². The molecule has 0 spiro atoms. The SMILES string of the molecule is Cc1cc(NCC2CCCN(C)C2)n2ncnc2c1. The van der Waals surface area contributed by atoms with Gasteiger partial charge in [-0.2, -0.15) is 9.61 Å². The fourth-order valence-electron chi connectivity index (χ4n) is 2.87. The molecule has 0 aliphatic carbocycles. The van der Waals surface area contributed by atoms with E-state index in [9.17, 15) is 0 Å². The van der Waals surface area contributed by atoms with Crippen molar-refractivity contribution in [1.82, 2.24) is 19.5 Å². The zero-order valence-corrected chi connectivity index (χ0v) is 11.6. The summed E-state index contributed by atoms with van der Waals surface area (Å²) in [4.78, 5) is 6.66. The Morgan fingerprint density at radius 2 is 2.32 bits per heavy atom. The van der Waals surface area contributed by atoms with Crippen molar-refractivity contribution < 1.29 is 0 Å². The average molecular weight is 259 g/mol. The lowest BCUT2D eigenvalue weighted by molar-refractivity contribution is 0.217. The van der Waals surface area contributed by atoms with Crippen LogP contribution < -0.4 is 5.32 Å². The molecule has 5 heteroatoms. The first kappa shape index (κ1) is 12.4. The third-order valence-corrected chi connectivity index (χ3v) is 3.82. The highest BCUT2D eigenvalue weighted by molar-refractivity contribution is 5.51. The highest BCUT2D eigenvalue weighted by atomic mass is 15.3. The van der Waals surface area contributed by atoms with Gasteiger partial charge in [0.2, 0.25) is 0 Å². The molecule has 0 radical (unpaired) electrons. The van der Waals surface area contributed by atoms with Crippen LogP contribution in [0.25, 0.3) is 5.65 Å². The summed E-state index contributed by atoms with van der Waals surface area (Å²) in [5, 5.41) is 7.81. The molecule has 1 aliphatic rings. The van der Waals surface area contributed by atoms with Gasteiger partial charge in [0.15, 0.2) is 5.65 Å². The van der Waals surface area contributed by atoms with Crippen LogP contribution in [-0.4, -0.2) is 46.2 Å². The minimum Gasteiger partial charge on any atom is -0.370 e. The number of rotatable bonds is 3. The molecule has 1 fully saturated rings. The van der Waals surface area contributed by atoms with Gasteiger partial charge in [-0.05, 0) is 57.0 Å².